The molecule has 4 nitrogen and oxygen atoms in total. The lowest BCUT2D eigenvalue weighted by molar-refractivity contribution is 0.299. The summed E-state index contributed by atoms with van der Waals surface area (Å²) in [5.41, 5.74) is 7.82. The zero-order valence-corrected chi connectivity index (χ0v) is 10.9. The van der Waals surface area contributed by atoms with Crippen molar-refractivity contribution < 1.29 is 9.84 Å². The predicted molar refractivity (Wildman–Crippen MR) is 74.1 cm³/mol. The van der Waals surface area contributed by atoms with Crippen molar-refractivity contribution in [2.45, 2.75) is 19.4 Å². The van der Waals surface area contributed by atoms with Crippen LogP contribution in [0.2, 0.25) is 0 Å². The molecule has 0 saturated heterocycles. The number of hydrogen-bond donors (Lipinski definition) is 2. The molecule has 0 bridgehead atoms. The van der Waals surface area contributed by atoms with E-state index in [-0.39, 0.29) is 12.6 Å². The molecule has 2 rings (SSSR count). The van der Waals surface area contributed by atoms with Crippen molar-refractivity contribution in [3.8, 4) is 11.6 Å². The summed E-state index contributed by atoms with van der Waals surface area (Å²) in [5.74, 6) is 1.27. The summed E-state index contributed by atoms with van der Waals surface area (Å²) in [6.07, 6.45) is 2.38. The predicted octanol–water partition coefficient (Wildman–Crippen LogP) is 2.43. The monoisotopic (exact) mass is 258 g/mol. The Labute approximate surface area is 112 Å². The van der Waals surface area contributed by atoms with Crippen molar-refractivity contribution in [3.05, 3.63) is 53.7 Å². The molecule has 1 atom stereocenters. The largest absolute Gasteiger partial charge is 0.439 e. The molecule has 4 heteroatoms. The first-order chi connectivity index (χ1) is 9.19. The van der Waals surface area contributed by atoms with E-state index < -0.39 is 0 Å². The standard InChI is InChI=1S/C15H18N2O2/c1-11(16)13-4-7-15(17-10-13)19-14-5-2-12(3-6-14)8-9-18/h2-7,10-11,18H,8-9,16H2,1H3/t11-/m1/s1. The molecule has 0 spiro atoms. The average molecular weight is 258 g/mol. The van der Waals surface area contributed by atoms with E-state index in [1.165, 1.54) is 0 Å². The van der Waals surface area contributed by atoms with Crippen molar-refractivity contribution in [1.82, 2.24) is 4.98 Å². The topological polar surface area (TPSA) is 68.4 Å². The fourth-order valence-corrected chi connectivity index (χ4v) is 1.70. The third-order valence-electron chi connectivity index (χ3n) is 2.83. The second-order valence-electron chi connectivity index (χ2n) is 4.44. The highest BCUT2D eigenvalue weighted by Gasteiger charge is 2.02. The molecule has 100 valence electrons. The van der Waals surface area contributed by atoms with Crippen LogP contribution in [0.1, 0.15) is 24.1 Å². The normalized spacial score (nSPS) is 12.2. The number of ether oxygens (including phenoxy) is 1. The molecule has 0 amide bonds. The van der Waals surface area contributed by atoms with Gasteiger partial charge in [-0.3, -0.25) is 0 Å². The van der Waals surface area contributed by atoms with E-state index in [1.807, 2.05) is 37.3 Å². The van der Waals surface area contributed by atoms with Gasteiger partial charge in [0.2, 0.25) is 5.88 Å². The Kier molecular flexibility index (Phi) is 4.49. The lowest BCUT2D eigenvalue weighted by Crippen LogP contribution is -2.05. The van der Waals surface area contributed by atoms with Crippen molar-refractivity contribution in [2.75, 3.05) is 6.61 Å². The van der Waals surface area contributed by atoms with Crippen molar-refractivity contribution >= 4 is 0 Å². The molecule has 0 aliphatic heterocycles. The van der Waals surface area contributed by atoms with E-state index in [2.05, 4.69) is 4.98 Å². The zero-order chi connectivity index (χ0) is 13.7. The molecule has 0 fully saturated rings. The van der Waals surface area contributed by atoms with Crippen LogP contribution in [0.25, 0.3) is 0 Å². The van der Waals surface area contributed by atoms with Crippen LogP contribution in [0.5, 0.6) is 11.6 Å². The van der Waals surface area contributed by atoms with Crippen molar-refractivity contribution in [3.63, 3.8) is 0 Å². The second kappa shape index (κ2) is 6.31. The third-order valence-corrected chi connectivity index (χ3v) is 2.83. The number of aliphatic hydroxyl groups excluding tert-OH is 1. The maximum atomic E-state index is 8.84. The molecule has 0 aliphatic rings. The van der Waals surface area contributed by atoms with E-state index in [0.29, 0.717) is 12.3 Å². The van der Waals surface area contributed by atoms with Gasteiger partial charge in [-0.05, 0) is 36.6 Å². The molecule has 0 radical (unpaired) electrons. The number of benzene rings is 1. The summed E-state index contributed by atoms with van der Waals surface area (Å²) in [6, 6.07) is 11.3. The van der Waals surface area contributed by atoms with Gasteiger partial charge in [0.05, 0.1) is 0 Å². The Morgan fingerprint density at radius 1 is 1.21 bits per heavy atom. The Bertz CT molecular complexity index is 507. The third kappa shape index (κ3) is 3.77. The van der Waals surface area contributed by atoms with Crippen LogP contribution in [0.4, 0.5) is 0 Å². The highest BCUT2D eigenvalue weighted by Crippen LogP contribution is 2.21. The molecule has 0 aliphatic carbocycles. The SMILES string of the molecule is C[C@@H](N)c1ccc(Oc2ccc(CCO)cc2)nc1. The van der Waals surface area contributed by atoms with Gasteiger partial charge in [-0.25, -0.2) is 4.98 Å². The fraction of sp³-hybridized carbons (Fsp3) is 0.267. The molecule has 19 heavy (non-hydrogen) atoms. The van der Waals surface area contributed by atoms with E-state index in [9.17, 15) is 0 Å². The summed E-state index contributed by atoms with van der Waals surface area (Å²) in [4.78, 5) is 4.21. The Balaban J connectivity index is 2.04. The number of rotatable bonds is 5. The van der Waals surface area contributed by atoms with Gasteiger partial charge in [0.1, 0.15) is 5.75 Å². The van der Waals surface area contributed by atoms with Crippen LogP contribution >= 0.6 is 0 Å². The van der Waals surface area contributed by atoms with E-state index in [0.717, 1.165) is 16.9 Å². The van der Waals surface area contributed by atoms with Crippen LogP contribution in [-0.4, -0.2) is 16.7 Å². The molecule has 2 aromatic rings. The average Bonchev–Trinajstić information content (AvgIpc) is 2.42. The number of aliphatic hydroxyl groups is 1. The zero-order valence-electron chi connectivity index (χ0n) is 10.9. The highest BCUT2D eigenvalue weighted by atomic mass is 16.5. The molecule has 1 heterocycles. The van der Waals surface area contributed by atoms with Gasteiger partial charge < -0.3 is 15.6 Å². The lowest BCUT2D eigenvalue weighted by Gasteiger charge is -2.08. The van der Waals surface area contributed by atoms with Gasteiger partial charge in [0.15, 0.2) is 0 Å². The Morgan fingerprint density at radius 3 is 2.47 bits per heavy atom. The van der Waals surface area contributed by atoms with E-state index >= 15 is 0 Å². The molecular weight excluding hydrogens is 240 g/mol. The summed E-state index contributed by atoms with van der Waals surface area (Å²) in [6.45, 7) is 2.07. The summed E-state index contributed by atoms with van der Waals surface area (Å²) in [5, 5.41) is 8.84. The van der Waals surface area contributed by atoms with Gasteiger partial charge in [0.25, 0.3) is 0 Å². The quantitative estimate of drug-likeness (QED) is 0.864. The van der Waals surface area contributed by atoms with E-state index in [1.54, 1.807) is 12.3 Å². The summed E-state index contributed by atoms with van der Waals surface area (Å²) >= 11 is 0. The smallest absolute Gasteiger partial charge is 0.219 e. The minimum atomic E-state index is -0.0284. The molecule has 3 N–H and O–H groups in total. The fourth-order valence-electron chi connectivity index (χ4n) is 1.70. The number of nitrogens with zero attached hydrogens (tertiary/aromatic N) is 1. The van der Waals surface area contributed by atoms with Crippen molar-refractivity contribution in [1.29, 1.82) is 0 Å². The number of aromatic nitrogens is 1. The first kappa shape index (κ1) is 13.5. The van der Waals surface area contributed by atoms with Crippen LogP contribution in [0, 0.1) is 0 Å². The minimum Gasteiger partial charge on any atom is -0.439 e. The molecular formula is C15H18N2O2. The number of nitrogens with two attached hydrogens (primary N) is 1. The maximum absolute atomic E-state index is 8.84. The van der Waals surface area contributed by atoms with Gasteiger partial charge in [0, 0.05) is 24.9 Å². The number of hydrogen-bond acceptors (Lipinski definition) is 4. The van der Waals surface area contributed by atoms with Crippen LogP contribution in [-0.2, 0) is 6.42 Å². The van der Waals surface area contributed by atoms with Gasteiger partial charge in [-0.1, -0.05) is 18.2 Å². The molecule has 1 aromatic carbocycles. The Morgan fingerprint density at radius 2 is 1.95 bits per heavy atom. The molecule has 0 unspecified atom stereocenters. The lowest BCUT2D eigenvalue weighted by atomic mass is 10.1. The summed E-state index contributed by atoms with van der Waals surface area (Å²) < 4.78 is 5.63. The van der Waals surface area contributed by atoms with Gasteiger partial charge >= 0.3 is 0 Å². The van der Waals surface area contributed by atoms with Crippen molar-refractivity contribution in [2.24, 2.45) is 5.73 Å². The van der Waals surface area contributed by atoms with Crippen LogP contribution in [0.3, 0.4) is 0 Å². The maximum Gasteiger partial charge on any atom is 0.219 e. The second-order valence-corrected chi connectivity index (χ2v) is 4.44. The summed E-state index contributed by atoms with van der Waals surface area (Å²) in [7, 11) is 0. The van der Waals surface area contributed by atoms with Crippen LogP contribution in [0.15, 0.2) is 42.6 Å². The Hall–Kier alpha value is -1.91. The highest BCUT2D eigenvalue weighted by molar-refractivity contribution is 5.31. The minimum absolute atomic E-state index is 0.0284. The first-order valence-corrected chi connectivity index (χ1v) is 6.28. The first-order valence-electron chi connectivity index (χ1n) is 6.28. The van der Waals surface area contributed by atoms with Gasteiger partial charge in [-0.15, -0.1) is 0 Å². The molecule has 1 aromatic heterocycles. The molecule has 0 saturated carbocycles. The number of pyridine rings is 1. The van der Waals surface area contributed by atoms with Gasteiger partial charge in [-0.2, -0.15) is 0 Å². The van der Waals surface area contributed by atoms with Crippen LogP contribution < -0.4 is 10.5 Å². The van der Waals surface area contributed by atoms with E-state index in [4.69, 9.17) is 15.6 Å².